The molecule has 3 rings (SSSR count). The van der Waals surface area contributed by atoms with Gasteiger partial charge in [0, 0.05) is 23.7 Å². The third-order valence-corrected chi connectivity index (χ3v) is 4.53. The summed E-state index contributed by atoms with van der Waals surface area (Å²) in [7, 11) is 0. The summed E-state index contributed by atoms with van der Waals surface area (Å²) in [4.78, 5) is 48.3. The van der Waals surface area contributed by atoms with Crippen molar-refractivity contribution in [3.05, 3.63) is 70.9 Å². The second-order valence-corrected chi connectivity index (χ2v) is 6.74. The van der Waals surface area contributed by atoms with E-state index < -0.39 is 17.9 Å². The van der Waals surface area contributed by atoms with Crippen LogP contribution in [-0.4, -0.2) is 38.6 Å². The van der Waals surface area contributed by atoms with Gasteiger partial charge in [-0.25, -0.2) is 9.78 Å². The Morgan fingerprint density at radius 3 is 2.47 bits per heavy atom. The summed E-state index contributed by atoms with van der Waals surface area (Å²) >= 11 is 0. The molecule has 0 saturated carbocycles. The van der Waals surface area contributed by atoms with Gasteiger partial charge in [-0.2, -0.15) is 0 Å². The summed E-state index contributed by atoms with van der Waals surface area (Å²) in [6.45, 7) is 6.31. The van der Waals surface area contributed by atoms with Gasteiger partial charge in [0.1, 0.15) is 11.3 Å². The molecule has 8 heteroatoms. The van der Waals surface area contributed by atoms with E-state index >= 15 is 0 Å². The number of carbonyl (C=O) groups excluding carboxylic acids is 3. The number of ether oxygens (including phenoxy) is 2. The Balaban J connectivity index is 1.79. The third-order valence-electron chi connectivity index (χ3n) is 4.53. The van der Waals surface area contributed by atoms with Crippen molar-refractivity contribution in [2.75, 3.05) is 0 Å². The van der Waals surface area contributed by atoms with Crippen molar-refractivity contribution in [1.29, 1.82) is 0 Å². The predicted octanol–water partition coefficient (Wildman–Crippen LogP) is 3.84. The monoisotopic (exact) mass is 407 g/mol. The molecule has 0 saturated heterocycles. The minimum atomic E-state index is -1.08. The van der Waals surface area contributed by atoms with Crippen LogP contribution in [-0.2, 0) is 4.74 Å². The molecule has 0 aromatic carbocycles. The van der Waals surface area contributed by atoms with Gasteiger partial charge in [-0.3, -0.25) is 14.6 Å². The maximum absolute atomic E-state index is 12.8. The zero-order valence-corrected chi connectivity index (χ0v) is 17.1. The number of rotatable bonds is 7. The first-order valence-electron chi connectivity index (χ1n) is 9.27. The summed E-state index contributed by atoms with van der Waals surface area (Å²) in [6.07, 6.45) is 3.47. The van der Waals surface area contributed by atoms with Gasteiger partial charge in [0.15, 0.2) is 11.9 Å². The van der Waals surface area contributed by atoms with Crippen LogP contribution in [0.2, 0.25) is 0 Å². The number of Topliss-reactive ketones (excluding diaryl/α,β-unsaturated/α-hetero) is 2. The van der Waals surface area contributed by atoms with E-state index in [0.29, 0.717) is 22.6 Å². The molecule has 8 nitrogen and oxygen atoms in total. The van der Waals surface area contributed by atoms with E-state index in [4.69, 9.17) is 9.47 Å². The van der Waals surface area contributed by atoms with Crippen molar-refractivity contribution in [2.45, 2.75) is 33.8 Å². The zero-order valence-electron chi connectivity index (χ0n) is 17.1. The van der Waals surface area contributed by atoms with Crippen LogP contribution in [0.3, 0.4) is 0 Å². The molecule has 1 unspecified atom stereocenters. The fourth-order valence-corrected chi connectivity index (χ4v) is 3.15. The van der Waals surface area contributed by atoms with Crippen LogP contribution in [0, 0.1) is 13.8 Å². The fraction of sp³-hybridized carbons (Fsp3) is 0.227. The van der Waals surface area contributed by atoms with Crippen LogP contribution in [0.4, 0.5) is 0 Å². The largest absolute Gasteiger partial charge is 0.450 e. The smallest absolute Gasteiger partial charge is 0.344 e. The molecule has 0 bridgehead atoms. The molecule has 3 heterocycles. The Kier molecular flexibility index (Phi) is 6.06. The molecule has 3 aromatic rings. The number of nitrogens with one attached hydrogen (secondary N) is 1. The topological polar surface area (TPSA) is 111 Å². The fourth-order valence-electron chi connectivity index (χ4n) is 3.15. The van der Waals surface area contributed by atoms with Crippen molar-refractivity contribution in [1.82, 2.24) is 15.0 Å². The highest BCUT2D eigenvalue weighted by atomic mass is 16.5. The summed E-state index contributed by atoms with van der Waals surface area (Å²) in [5.41, 5.74) is 1.92. The van der Waals surface area contributed by atoms with Crippen LogP contribution < -0.4 is 4.74 Å². The first-order chi connectivity index (χ1) is 14.3. The highest BCUT2D eigenvalue weighted by Crippen LogP contribution is 2.24. The molecular weight excluding hydrogens is 386 g/mol. The number of pyridine rings is 2. The molecule has 0 aliphatic rings. The standard InChI is InChI=1S/C22H21N3O5/c1-12-18(14(3)26)13(2)25-19(12)20(27)15(4)29-22(28)17-8-6-10-24-21(17)30-16-7-5-9-23-11-16/h5-11,15,25H,1-4H3. The lowest BCUT2D eigenvalue weighted by atomic mass is 10.0. The number of hydrogen-bond acceptors (Lipinski definition) is 7. The zero-order chi connectivity index (χ0) is 21.8. The summed E-state index contributed by atoms with van der Waals surface area (Å²) < 4.78 is 11.0. The first-order valence-corrected chi connectivity index (χ1v) is 9.27. The number of aromatic amines is 1. The molecule has 0 amide bonds. The van der Waals surface area contributed by atoms with Gasteiger partial charge in [0.2, 0.25) is 11.7 Å². The van der Waals surface area contributed by atoms with Crippen LogP contribution in [0.25, 0.3) is 0 Å². The second kappa shape index (κ2) is 8.69. The molecule has 1 atom stereocenters. The van der Waals surface area contributed by atoms with E-state index in [1.165, 1.54) is 32.3 Å². The first kappa shape index (κ1) is 20.9. The van der Waals surface area contributed by atoms with E-state index in [1.807, 2.05) is 0 Å². The lowest BCUT2D eigenvalue weighted by molar-refractivity contribution is 0.0314. The predicted molar refractivity (Wildman–Crippen MR) is 108 cm³/mol. The minimum Gasteiger partial charge on any atom is -0.450 e. The highest BCUT2D eigenvalue weighted by molar-refractivity contribution is 6.05. The Bertz CT molecular complexity index is 1110. The van der Waals surface area contributed by atoms with E-state index in [-0.39, 0.29) is 22.9 Å². The molecule has 0 radical (unpaired) electrons. The number of H-pyrrole nitrogens is 1. The van der Waals surface area contributed by atoms with Gasteiger partial charge in [0.25, 0.3) is 0 Å². The van der Waals surface area contributed by atoms with Crippen molar-refractivity contribution in [3.63, 3.8) is 0 Å². The molecule has 1 N–H and O–H groups in total. The third kappa shape index (κ3) is 4.27. The number of carbonyl (C=O) groups is 3. The number of ketones is 2. The van der Waals surface area contributed by atoms with E-state index in [1.54, 1.807) is 38.2 Å². The van der Waals surface area contributed by atoms with Crippen LogP contribution in [0.15, 0.2) is 42.9 Å². The molecular formula is C22H21N3O5. The van der Waals surface area contributed by atoms with Gasteiger partial charge < -0.3 is 14.5 Å². The number of aryl methyl sites for hydroxylation is 1. The van der Waals surface area contributed by atoms with Gasteiger partial charge in [-0.05, 0) is 57.5 Å². The van der Waals surface area contributed by atoms with E-state index in [0.717, 1.165) is 0 Å². The van der Waals surface area contributed by atoms with Crippen LogP contribution in [0.1, 0.15) is 56.3 Å². The van der Waals surface area contributed by atoms with Crippen LogP contribution in [0.5, 0.6) is 11.6 Å². The maximum atomic E-state index is 12.8. The van der Waals surface area contributed by atoms with Gasteiger partial charge in [-0.15, -0.1) is 0 Å². The number of hydrogen-bond donors (Lipinski definition) is 1. The summed E-state index contributed by atoms with van der Waals surface area (Å²) in [6, 6.07) is 6.42. The Hall–Kier alpha value is -3.81. The van der Waals surface area contributed by atoms with Crippen molar-refractivity contribution < 1.29 is 23.9 Å². The minimum absolute atomic E-state index is 0.0425. The molecule has 0 spiro atoms. The lowest BCUT2D eigenvalue weighted by Gasteiger charge is -2.14. The molecule has 3 aromatic heterocycles. The van der Waals surface area contributed by atoms with Crippen LogP contribution >= 0.6 is 0 Å². The lowest BCUT2D eigenvalue weighted by Crippen LogP contribution is -2.25. The number of esters is 1. The molecule has 154 valence electrons. The van der Waals surface area contributed by atoms with E-state index in [2.05, 4.69) is 15.0 Å². The SMILES string of the molecule is CC(=O)c1c(C)[nH]c(C(=O)C(C)OC(=O)c2cccnc2Oc2cccnc2)c1C. The molecule has 0 aliphatic heterocycles. The summed E-state index contributed by atoms with van der Waals surface area (Å²) in [5, 5.41) is 0. The number of aromatic nitrogens is 3. The molecule has 0 aliphatic carbocycles. The Labute approximate surface area is 173 Å². The maximum Gasteiger partial charge on any atom is 0.344 e. The van der Waals surface area contributed by atoms with Gasteiger partial charge >= 0.3 is 5.97 Å². The van der Waals surface area contributed by atoms with Crippen molar-refractivity contribution in [3.8, 4) is 11.6 Å². The van der Waals surface area contributed by atoms with Crippen molar-refractivity contribution in [2.24, 2.45) is 0 Å². The normalized spacial score (nSPS) is 11.6. The summed E-state index contributed by atoms with van der Waals surface area (Å²) in [5.74, 6) is -0.882. The number of nitrogens with zero attached hydrogens (tertiary/aromatic N) is 2. The highest BCUT2D eigenvalue weighted by Gasteiger charge is 2.27. The second-order valence-electron chi connectivity index (χ2n) is 6.74. The van der Waals surface area contributed by atoms with Gasteiger partial charge in [-0.1, -0.05) is 0 Å². The molecule has 30 heavy (non-hydrogen) atoms. The Morgan fingerprint density at radius 2 is 1.83 bits per heavy atom. The molecule has 0 fully saturated rings. The van der Waals surface area contributed by atoms with E-state index in [9.17, 15) is 14.4 Å². The van der Waals surface area contributed by atoms with Crippen molar-refractivity contribution >= 4 is 17.5 Å². The quantitative estimate of drug-likeness (QED) is 0.468. The van der Waals surface area contributed by atoms with Gasteiger partial charge in [0.05, 0.1) is 11.9 Å². The average Bonchev–Trinajstić information content (AvgIpc) is 3.02. The average molecular weight is 407 g/mol. The Morgan fingerprint density at radius 1 is 1.10 bits per heavy atom.